The van der Waals surface area contributed by atoms with Crippen molar-refractivity contribution in [2.45, 2.75) is 6.42 Å². The van der Waals surface area contributed by atoms with E-state index in [-0.39, 0.29) is 42.3 Å². The summed E-state index contributed by atoms with van der Waals surface area (Å²) in [4.78, 5) is 29.3. The molecule has 1 aromatic rings. The summed E-state index contributed by atoms with van der Waals surface area (Å²) in [5, 5.41) is 9.09. The van der Waals surface area contributed by atoms with E-state index in [0.717, 1.165) is 24.3 Å². The Kier molecular flexibility index (Phi) is 13.8. The summed E-state index contributed by atoms with van der Waals surface area (Å²) < 4.78 is 0. The van der Waals surface area contributed by atoms with E-state index in [4.69, 9.17) is 0 Å². The average molecular weight is 507 g/mol. The van der Waals surface area contributed by atoms with Crippen molar-refractivity contribution < 1.29 is 9.59 Å². The lowest BCUT2D eigenvalue weighted by atomic mass is 10.1. The maximum atomic E-state index is 11.7. The summed E-state index contributed by atoms with van der Waals surface area (Å²) in [5.74, 6) is 1.44. The van der Waals surface area contributed by atoms with Crippen molar-refractivity contribution in [3.05, 3.63) is 35.4 Å². The molecule has 0 unspecified atom stereocenters. The zero-order valence-electron chi connectivity index (χ0n) is 16.4. The van der Waals surface area contributed by atoms with Crippen LogP contribution < -0.4 is 16.0 Å². The number of carbonyl (C=O) groups excluding carboxylic acids is 2. The topological polar surface area (TPSA) is 85.8 Å². The van der Waals surface area contributed by atoms with Gasteiger partial charge >= 0.3 is 0 Å². The molecule has 27 heavy (non-hydrogen) atoms. The van der Waals surface area contributed by atoms with Crippen LogP contribution in [0.15, 0.2) is 29.3 Å². The SMILES string of the molecule is CNC(=O)c1cccc(CCNC(=NCC(=O)N(C)C)NCCSC)c1.I. The van der Waals surface area contributed by atoms with Crippen molar-refractivity contribution in [2.75, 3.05) is 52.8 Å². The van der Waals surface area contributed by atoms with Crippen LogP contribution in [-0.4, -0.2) is 75.5 Å². The smallest absolute Gasteiger partial charge is 0.251 e. The number of nitrogens with one attached hydrogen (secondary N) is 3. The number of guanidine groups is 1. The van der Waals surface area contributed by atoms with Gasteiger partial charge < -0.3 is 20.9 Å². The molecule has 0 aromatic heterocycles. The molecule has 0 radical (unpaired) electrons. The number of hydrogen-bond acceptors (Lipinski definition) is 4. The molecule has 0 aliphatic heterocycles. The number of hydrogen-bond donors (Lipinski definition) is 3. The molecule has 0 heterocycles. The van der Waals surface area contributed by atoms with E-state index in [9.17, 15) is 9.59 Å². The van der Waals surface area contributed by atoms with Gasteiger partial charge in [0.25, 0.3) is 5.91 Å². The summed E-state index contributed by atoms with van der Waals surface area (Å²) in [7, 11) is 5.05. The number of halogens is 1. The lowest BCUT2D eigenvalue weighted by molar-refractivity contribution is -0.127. The number of likely N-dealkylation sites (N-methyl/N-ethyl adjacent to an activating group) is 1. The predicted octanol–water partition coefficient (Wildman–Crippen LogP) is 1.19. The first-order valence-electron chi connectivity index (χ1n) is 8.50. The minimum Gasteiger partial charge on any atom is -0.356 e. The van der Waals surface area contributed by atoms with Gasteiger partial charge in [0.05, 0.1) is 0 Å². The minimum absolute atomic E-state index is 0. The zero-order chi connectivity index (χ0) is 19.4. The largest absolute Gasteiger partial charge is 0.356 e. The van der Waals surface area contributed by atoms with Crippen molar-refractivity contribution >= 4 is 53.5 Å². The lowest BCUT2D eigenvalue weighted by Crippen LogP contribution is -2.40. The van der Waals surface area contributed by atoms with Gasteiger partial charge in [0.15, 0.2) is 5.96 Å². The predicted molar refractivity (Wildman–Crippen MR) is 124 cm³/mol. The second kappa shape index (κ2) is 14.6. The summed E-state index contributed by atoms with van der Waals surface area (Å²) in [5.41, 5.74) is 1.71. The molecule has 9 heteroatoms. The second-order valence-corrected chi connectivity index (χ2v) is 6.81. The van der Waals surface area contributed by atoms with Crippen molar-refractivity contribution in [3.63, 3.8) is 0 Å². The number of thioether (sulfide) groups is 1. The van der Waals surface area contributed by atoms with Crippen molar-refractivity contribution in [1.82, 2.24) is 20.9 Å². The Labute approximate surface area is 183 Å². The fraction of sp³-hybridized carbons (Fsp3) is 0.500. The molecule has 0 atom stereocenters. The number of benzene rings is 1. The monoisotopic (exact) mass is 507 g/mol. The Morgan fingerprint density at radius 3 is 2.52 bits per heavy atom. The van der Waals surface area contributed by atoms with Crippen LogP contribution in [0.3, 0.4) is 0 Å². The molecule has 152 valence electrons. The van der Waals surface area contributed by atoms with Crippen LogP contribution in [0.1, 0.15) is 15.9 Å². The summed E-state index contributed by atoms with van der Waals surface area (Å²) in [6, 6.07) is 7.54. The molecule has 0 bridgehead atoms. The van der Waals surface area contributed by atoms with Gasteiger partial charge in [-0.2, -0.15) is 11.8 Å². The highest BCUT2D eigenvalue weighted by Crippen LogP contribution is 2.05. The van der Waals surface area contributed by atoms with Crippen LogP contribution in [0.2, 0.25) is 0 Å². The van der Waals surface area contributed by atoms with Crippen LogP contribution >= 0.6 is 35.7 Å². The highest BCUT2D eigenvalue weighted by molar-refractivity contribution is 14.0. The highest BCUT2D eigenvalue weighted by atomic mass is 127. The van der Waals surface area contributed by atoms with Crippen LogP contribution in [0, 0.1) is 0 Å². The quantitative estimate of drug-likeness (QED) is 0.203. The fourth-order valence-electron chi connectivity index (χ4n) is 2.07. The van der Waals surface area contributed by atoms with Gasteiger partial charge in [0.1, 0.15) is 6.54 Å². The molecule has 0 spiro atoms. The number of carbonyl (C=O) groups is 2. The normalized spacial score (nSPS) is 10.6. The highest BCUT2D eigenvalue weighted by Gasteiger charge is 2.06. The second-order valence-electron chi connectivity index (χ2n) is 5.83. The van der Waals surface area contributed by atoms with E-state index in [1.165, 1.54) is 4.90 Å². The van der Waals surface area contributed by atoms with Gasteiger partial charge in [-0.25, -0.2) is 4.99 Å². The van der Waals surface area contributed by atoms with E-state index >= 15 is 0 Å². The third-order valence-electron chi connectivity index (χ3n) is 3.59. The summed E-state index contributed by atoms with van der Waals surface area (Å²) in [6.45, 7) is 1.53. The zero-order valence-corrected chi connectivity index (χ0v) is 19.5. The van der Waals surface area contributed by atoms with Gasteiger partial charge in [-0.1, -0.05) is 12.1 Å². The summed E-state index contributed by atoms with van der Waals surface area (Å²) >= 11 is 1.74. The first-order chi connectivity index (χ1) is 12.5. The van der Waals surface area contributed by atoms with Crippen molar-refractivity contribution in [2.24, 2.45) is 4.99 Å². The van der Waals surface area contributed by atoms with E-state index in [1.807, 2.05) is 24.5 Å². The van der Waals surface area contributed by atoms with Gasteiger partial charge in [-0.05, 0) is 30.4 Å². The Balaban J connectivity index is 0.00000676. The molecule has 0 aliphatic rings. The minimum atomic E-state index is -0.0945. The first kappa shape index (κ1) is 25.5. The van der Waals surface area contributed by atoms with E-state index in [0.29, 0.717) is 18.1 Å². The van der Waals surface area contributed by atoms with E-state index in [2.05, 4.69) is 20.9 Å². The Bertz CT molecular complexity index is 626. The molecule has 0 saturated carbocycles. The Morgan fingerprint density at radius 2 is 1.89 bits per heavy atom. The number of aliphatic imine (C=N–C) groups is 1. The van der Waals surface area contributed by atoms with E-state index < -0.39 is 0 Å². The average Bonchev–Trinajstić information content (AvgIpc) is 2.64. The van der Waals surface area contributed by atoms with Gasteiger partial charge in [-0.3, -0.25) is 9.59 Å². The van der Waals surface area contributed by atoms with Crippen molar-refractivity contribution in [1.29, 1.82) is 0 Å². The van der Waals surface area contributed by atoms with Gasteiger partial charge in [-0.15, -0.1) is 24.0 Å². The molecule has 1 aromatic carbocycles. The molecule has 0 aliphatic carbocycles. The first-order valence-corrected chi connectivity index (χ1v) is 9.89. The Hall–Kier alpha value is -1.49. The maximum absolute atomic E-state index is 11.7. The van der Waals surface area contributed by atoms with Gasteiger partial charge in [0, 0.05) is 45.5 Å². The molecular formula is C18H30IN5O2S. The molecule has 0 saturated heterocycles. The third-order valence-corrected chi connectivity index (χ3v) is 4.20. The van der Waals surface area contributed by atoms with E-state index in [1.54, 1.807) is 39.0 Å². The molecule has 2 amide bonds. The molecule has 3 N–H and O–H groups in total. The number of rotatable bonds is 9. The van der Waals surface area contributed by atoms with Crippen LogP contribution in [-0.2, 0) is 11.2 Å². The number of amides is 2. The maximum Gasteiger partial charge on any atom is 0.251 e. The van der Waals surface area contributed by atoms with Crippen molar-refractivity contribution in [3.8, 4) is 0 Å². The van der Waals surface area contributed by atoms with Gasteiger partial charge in [0.2, 0.25) is 5.91 Å². The lowest BCUT2D eigenvalue weighted by Gasteiger charge is -2.13. The fourth-order valence-corrected chi connectivity index (χ4v) is 2.38. The molecule has 7 nitrogen and oxygen atoms in total. The Morgan fingerprint density at radius 1 is 1.19 bits per heavy atom. The van der Waals surface area contributed by atoms with Crippen LogP contribution in [0.4, 0.5) is 0 Å². The molecule has 1 rings (SSSR count). The van der Waals surface area contributed by atoms with Crippen LogP contribution in [0.25, 0.3) is 0 Å². The molecule has 0 fully saturated rings. The standard InChI is InChI=1S/C18H29N5O2S.HI/c1-19-17(25)15-7-5-6-14(12-15)8-9-20-18(21-10-11-26-4)22-13-16(24)23(2)3;/h5-7,12H,8-11,13H2,1-4H3,(H,19,25)(H2,20,21,22);1H. The third kappa shape index (κ3) is 10.4. The van der Waals surface area contributed by atoms with Crippen LogP contribution in [0.5, 0.6) is 0 Å². The number of nitrogens with zero attached hydrogens (tertiary/aromatic N) is 2. The molecular weight excluding hydrogens is 477 g/mol. The summed E-state index contributed by atoms with van der Waals surface area (Å²) in [6.07, 6.45) is 2.79.